The Morgan fingerprint density at radius 2 is 2.00 bits per heavy atom. The van der Waals surface area contributed by atoms with Crippen molar-refractivity contribution in [2.45, 2.75) is 25.0 Å². The summed E-state index contributed by atoms with van der Waals surface area (Å²) in [6, 6.07) is 7.76. The zero-order valence-corrected chi connectivity index (χ0v) is 9.60. The molecule has 0 aliphatic carbocycles. The summed E-state index contributed by atoms with van der Waals surface area (Å²) >= 11 is 0. The number of nitrogens with two attached hydrogens (primary N) is 1. The summed E-state index contributed by atoms with van der Waals surface area (Å²) in [4.78, 5) is 2.25. The first kappa shape index (κ1) is 10.4. The molecule has 0 aromatic heterocycles. The van der Waals surface area contributed by atoms with Gasteiger partial charge in [0.25, 0.3) is 0 Å². The molecule has 2 unspecified atom stereocenters. The minimum Gasteiger partial charge on any atom is -0.399 e. The number of nitrogens with zero attached hydrogens (tertiary/aromatic N) is 2. The van der Waals surface area contributed by atoms with Crippen LogP contribution in [0.5, 0.6) is 0 Å². The quantitative estimate of drug-likeness (QED) is 0.741. The molecule has 0 amide bonds. The molecule has 2 atom stereocenters. The fourth-order valence-corrected chi connectivity index (χ4v) is 2.73. The van der Waals surface area contributed by atoms with Crippen molar-refractivity contribution in [1.82, 2.24) is 0 Å². The normalized spacial score (nSPS) is 26.9. The Balaban J connectivity index is 1.92. The summed E-state index contributed by atoms with van der Waals surface area (Å²) in [7, 11) is 0. The molecule has 2 aliphatic rings. The van der Waals surface area contributed by atoms with Crippen LogP contribution in [0.4, 0.5) is 11.4 Å². The largest absolute Gasteiger partial charge is 0.399 e. The van der Waals surface area contributed by atoms with E-state index in [-0.39, 0.29) is 0 Å². The molecule has 0 spiro atoms. The van der Waals surface area contributed by atoms with E-state index in [1.807, 2.05) is 12.1 Å². The second kappa shape index (κ2) is 3.94. The Labute approximate surface area is 101 Å². The number of benzene rings is 1. The molecule has 1 aromatic rings. The molecule has 2 fully saturated rings. The van der Waals surface area contributed by atoms with Gasteiger partial charge in [-0.3, -0.25) is 0 Å². The maximum atomic E-state index is 9.16. The van der Waals surface area contributed by atoms with Crippen molar-refractivity contribution >= 4 is 11.4 Å². The van der Waals surface area contributed by atoms with Crippen molar-refractivity contribution in [2.24, 2.45) is 0 Å². The van der Waals surface area contributed by atoms with Gasteiger partial charge >= 0.3 is 0 Å². The Morgan fingerprint density at radius 3 is 2.65 bits per heavy atom. The van der Waals surface area contributed by atoms with Gasteiger partial charge in [-0.2, -0.15) is 5.26 Å². The Hall–Kier alpha value is -1.73. The lowest BCUT2D eigenvalue weighted by Gasteiger charge is -2.34. The van der Waals surface area contributed by atoms with Gasteiger partial charge in [0, 0.05) is 18.8 Å². The van der Waals surface area contributed by atoms with Crippen molar-refractivity contribution in [3.05, 3.63) is 23.8 Å². The van der Waals surface area contributed by atoms with Crippen molar-refractivity contribution in [3.8, 4) is 6.07 Å². The number of rotatable bonds is 1. The number of fused-ring (bicyclic) bond motifs is 2. The molecular weight excluding hydrogens is 214 g/mol. The molecule has 2 aliphatic heterocycles. The summed E-state index contributed by atoms with van der Waals surface area (Å²) in [6.07, 6.45) is 2.94. The summed E-state index contributed by atoms with van der Waals surface area (Å²) in [5.41, 5.74) is 7.99. The van der Waals surface area contributed by atoms with E-state index in [1.165, 1.54) is 0 Å². The molecule has 17 heavy (non-hydrogen) atoms. The van der Waals surface area contributed by atoms with Crippen LogP contribution >= 0.6 is 0 Å². The SMILES string of the molecule is N#Cc1cc(N)ccc1N1CC2CCC(C1)O2. The van der Waals surface area contributed by atoms with E-state index >= 15 is 0 Å². The first-order chi connectivity index (χ1) is 8.26. The summed E-state index contributed by atoms with van der Waals surface area (Å²) in [5, 5.41) is 9.16. The first-order valence-electron chi connectivity index (χ1n) is 5.96. The molecule has 0 radical (unpaired) electrons. The van der Waals surface area contributed by atoms with Gasteiger partial charge in [0.15, 0.2) is 0 Å². The highest BCUT2D eigenvalue weighted by Crippen LogP contribution is 2.31. The van der Waals surface area contributed by atoms with Crippen LogP contribution in [0.1, 0.15) is 18.4 Å². The molecule has 88 valence electrons. The van der Waals surface area contributed by atoms with Crippen molar-refractivity contribution in [2.75, 3.05) is 23.7 Å². The van der Waals surface area contributed by atoms with Gasteiger partial charge in [-0.25, -0.2) is 0 Å². The second-order valence-electron chi connectivity index (χ2n) is 4.75. The monoisotopic (exact) mass is 229 g/mol. The third-order valence-corrected chi connectivity index (χ3v) is 3.53. The van der Waals surface area contributed by atoms with Gasteiger partial charge in [0.1, 0.15) is 6.07 Å². The third-order valence-electron chi connectivity index (χ3n) is 3.53. The molecule has 1 aromatic carbocycles. The van der Waals surface area contributed by atoms with Crippen molar-refractivity contribution in [3.63, 3.8) is 0 Å². The van der Waals surface area contributed by atoms with E-state index in [1.54, 1.807) is 6.07 Å². The van der Waals surface area contributed by atoms with Gasteiger partial charge in [-0.15, -0.1) is 0 Å². The fraction of sp³-hybridized carbons (Fsp3) is 0.462. The van der Waals surface area contributed by atoms with Crippen LogP contribution in [0.15, 0.2) is 18.2 Å². The van der Waals surface area contributed by atoms with Crippen LogP contribution in [0.25, 0.3) is 0 Å². The molecule has 2 heterocycles. The number of anilines is 2. The molecule has 2 bridgehead atoms. The van der Waals surface area contributed by atoms with Gasteiger partial charge in [0.05, 0.1) is 23.5 Å². The highest BCUT2D eigenvalue weighted by atomic mass is 16.5. The highest BCUT2D eigenvalue weighted by molar-refractivity contribution is 5.64. The summed E-state index contributed by atoms with van der Waals surface area (Å²) < 4.78 is 5.80. The van der Waals surface area contributed by atoms with Crippen LogP contribution in [0, 0.1) is 11.3 Å². The number of ether oxygens (including phenoxy) is 1. The Bertz CT molecular complexity index is 468. The standard InChI is InChI=1S/C13H15N3O/c14-6-9-5-10(15)1-4-13(9)16-7-11-2-3-12(8-16)17-11/h1,4-5,11-12H,2-3,7-8,15H2. The fourth-order valence-electron chi connectivity index (χ4n) is 2.73. The van der Waals surface area contributed by atoms with E-state index in [2.05, 4.69) is 11.0 Å². The molecule has 2 N–H and O–H groups in total. The zero-order chi connectivity index (χ0) is 11.8. The maximum Gasteiger partial charge on any atom is 0.101 e. The van der Waals surface area contributed by atoms with Crippen LogP contribution in [0.3, 0.4) is 0 Å². The van der Waals surface area contributed by atoms with Crippen molar-refractivity contribution < 1.29 is 4.74 Å². The molecule has 0 saturated carbocycles. The average Bonchev–Trinajstić information content (AvgIpc) is 2.68. The summed E-state index contributed by atoms with van der Waals surface area (Å²) in [6.45, 7) is 1.77. The average molecular weight is 229 g/mol. The summed E-state index contributed by atoms with van der Waals surface area (Å²) in [5.74, 6) is 0. The third kappa shape index (κ3) is 1.83. The molecule has 2 saturated heterocycles. The highest BCUT2D eigenvalue weighted by Gasteiger charge is 2.34. The van der Waals surface area contributed by atoms with Crippen LogP contribution < -0.4 is 10.6 Å². The Kier molecular flexibility index (Phi) is 2.41. The molecule has 4 heteroatoms. The number of hydrogen-bond acceptors (Lipinski definition) is 4. The minimum absolute atomic E-state index is 0.331. The second-order valence-corrected chi connectivity index (χ2v) is 4.75. The molecule has 3 rings (SSSR count). The van der Waals surface area contributed by atoms with E-state index in [0.717, 1.165) is 31.6 Å². The van der Waals surface area contributed by atoms with Gasteiger partial charge in [-0.1, -0.05) is 0 Å². The van der Waals surface area contributed by atoms with Gasteiger partial charge in [-0.05, 0) is 31.0 Å². The van der Waals surface area contributed by atoms with Crippen LogP contribution in [0.2, 0.25) is 0 Å². The predicted octanol–water partition coefficient (Wildman–Crippen LogP) is 1.51. The number of nitrogen functional groups attached to an aromatic ring is 1. The smallest absolute Gasteiger partial charge is 0.101 e. The van der Waals surface area contributed by atoms with E-state index in [0.29, 0.717) is 23.5 Å². The lowest BCUT2D eigenvalue weighted by atomic mass is 10.1. The number of morpholine rings is 1. The Morgan fingerprint density at radius 1 is 1.29 bits per heavy atom. The lowest BCUT2D eigenvalue weighted by Crippen LogP contribution is -2.42. The number of hydrogen-bond donors (Lipinski definition) is 1. The van der Waals surface area contributed by atoms with Crippen LogP contribution in [-0.4, -0.2) is 25.3 Å². The topological polar surface area (TPSA) is 62.3 Å². The van der Waals surface area contributed by atoms with Crippen LogP contribution in [-0.2, 0) is 4.74 Å². The zero-order valence-electron chi connectivity index (χ0n) is 9.60. The predicted molar refractivity (Wildman–Crippen MR) is 65.7 cm³/mol. The van der Waals surface area contributed by atoms with E-state index in [9.17, 15) is 0 Å². The van der Waals surface area contributed by atoms with E-state index < -0.39 is 0 Å². The first-order valence-corrected chi connectivity index (χ1v) is 5.96. The van der Waals surface area contributed by atoms with Crippen molar-refractivity contribution in [1.29, 1.82) is 5.26 Å². The minimum atomic E-state index is 0.331. The van der Waals surface area contributed by atoms with E-state index in [4.69, 9.17) is 15.7 Å². The van der Waals surface area contributed by atoms with Gasteiger partial charge in [0.2, 0.25) is 0 Å². The number of nitriles is 1. The molecular formula is C13H15N3O. The molecule has 4 nitrogen and oxygen atoms in total. The maximum absolute atomic E-state index is 9.16. The lowest BCUT2D eigenvalue weighted by molar-refractivity contribution is 0.0305. The van der Waals surface area contributed by atoms with Gasteiger partial charge < -0.3 is 15.4 Å².